The fraction of sp³-hybridized carbons (Fsp3) is 0.273. The summed E-state index contributed by atoms with van der Waals surface area (Å²) in [4.78, 5) is 23.6. The van der Waals surface area contributed by atoms with E-state index in [1.165, 1.54) is 11.0 Å². The van der Waals surface area contributed by atoms with Gasteiger partial charge in [0.05, 0.1) is 12.1 Å². The van der Waals surface area contributed by atoms with Crippen molar-refractivity contribution in [2.75, 3.05) is 13.6 Å². The lowest BCUT2D eigenvalue weighted by atomic mass is 10.0. The molecule has 0 bridgehead atoms. The number of benzene rings is 1. The molecule has 0 aromatic heterocycles. The minimum Gasteiger partial charge on any atom is -0.478 e. The number of cyclic esters (lactones) is 1. The van der Waals surface area contributed by atoms with Crippen molar-refractivity contribution in [1.82, 2.24) is 4.90 Å². The summed E-state index contributed by atoms with van der Waals surface area (Å²) in [5, 5.41) is 9.00. The van der Waals surface area contributed by atoms with Gasteiger partial charge in [-0.15, -0.1) is 0 Å². The van der Waals surface area contributed by atoms with E-state index in [4.69, 9.17) is 9.84 Å². The second kappa shape index (κ2) is 3.84. The predicted molar refractivity (Wildman–Crippen MR) is 55.3 cm³/mol. The maximum Gasteiger partial charge on any atom is 0.410 e. The molecule has 5 heteroatoms. The number of rotatable bonds is 2. The minimum absolute atomic E-state index is 0.176. The van der Waals surface area contributed by atoms with E-state index in [0.29, 0.717) is 12.1 Å². The SMILES string of the molecule is CN1CC(c2ccccc2C(=O)O)OC1=O. The second-order valence-corrected chi connectivity index (χ2v) is 3.65. The number of carboxylic acids is 1. The van der Waals surface area contributed by atoms with Gasteiger partial charge >= 0.3 is 12.1 Å². The summed E-state index contributed by atoms with van der Waals surface area (Å²) >= 11 is 0. The van der Waals surface area contributed by atoms with Crippen LogP contribution in [0.3, 0.4) is 0 Å². The van der Waals surface area contributed by atoms with Gasteiger partial charge in [-0.2, -0.15) is 0 Å². The van der Waals surface area contributed by atoms with Crippen LogP contribution in [0.4, 0.5) is 4.79 Å². The molecule has 1 heterocycles. The number of carbonyl (C=O) groups excluding carboxylic acids is 1. The van der Waals surface area contributed by atoms with Crippen LogP contribution in [0.5, 0.6) is 0 Å². The molecule has 1 saturated heterocycles. The highest BCUT2D eigenvalue weighted by atomic mass is 16.6. The molecule has 0 saturated carbocycles. The van der Waals surface area contributed by atoms with Crippen molar-refractivity contribution in [1.29, 1.82) is 0 Å². The van der Waals surface area contributed by atoms with E-state index in [1.807, 2.05) is 0 Å². The maximum atomic E-state index is 11.2. The number of amides is 1. The standard InChI is InChI=1S/C11H11NO4/c1-12-6-9(16-11(12)15)7-4-2-3-5-8(7)10(13)14/h2-5,9H,6H2,1H3,(H,13,14). The number of aromatic carboxylic acids is 1. The molecule has 2 rings (SSSR count). The number of ether oxygens (including phenoxy) is 1. The summed E-state index contributed by atoms with van der Waals surface area (Å²) in [5.41, 5.74) is 0.711. The van der Waals surface area contributed by atoms with Gasteiger partial charge in [-0.1, -0.05) is 18.2 Å². The summed E-state index contributed by atoms with van der Waals surface area (Å²) in [7, 11) is 1.62. The maximum absolute atomic E-state index is 11.2. The molecule has 16 heavy (non-hydrogen) atoms. The number of likely N-dealkylation sites (N-methyl/N-ethyl adjacent to an activating group) is 1. The normalized spacial score (nSPS) is 19.7. The summed E-state index contributed by atoms with van der Waals surface area (Å²) in [6.07, 6.45) is -0.921. The molecule has 84 valence electrons. The third kappa shape index (κ3) is 1.71. The van der Waals surface area contributed by atoms with Crippen LogP contribution in [0.25, 0.3) is 0 Å². The van der Waals surface area contributed by atoms with E-state index in [9.17, 15) is 9.59 Å². The Morgan fingerprint density at radius 3 is 2.75 bits per heavy atom. The molecule has 0 radical (unpaired) electrons. The van der Waals surface area contributed by atoms with Crippen LogP contribution in [0, 0.1) is 0 Å². The third-order valence-corrected chi connectivity index (χ3v) is 2.53. The first-order valence-corrected chi connectivity index (χ1v) is 4.83. The second-order valence-electron chi connectivity index (χ2n) is 3.65. The molecule has 0 aliphatic carbocycles. The summed E-state index contributed by atoms with van der Waals surface area (Å²) < 4.78 is 5.07. The smallest absolute Gasteiger partial charge is 0.410 e. The zero-order valence-electron chi connectivity index (χ0n) is 8.71. The molecular weight excluding hydrogens is 210 g/mol. The van der Waals surface area contributed by atoms with Crippen molar-refractivity contribution >= 4 is 12.1 Å². The van der Waals surface area contributed by atoms with E-state index < -0.39 is 18.2 Å². The van der Waals surface area contributed by atoms with Crippen LogP contribution in [0.1, 0.15) is 22.0 Å². The van der Waals surface area contributed by atoms with Crippen molar-refractivity contribution < 1.29 is 19.4 Å². The molecule has 1 atom stereocenters. The van der Waals surface area contributed by atoms with Crippen LogP contribution in [0.15, 0.2) is 24.3 Å². The lowest BCUT2D eigenvalue weighted by Crippen LogP contribution is -2.18. The van der Waals surface area contributed by atoms with Crippen molar-refractivity contribution in [3.8, 4) is 0 Å². The Labute approximate surface area is 92.2 Å². The van der Waals surface area contributed by atoms with Crippen molar-refractivity contribution in [3.05, 3.63) is 35.4 Å². The third-order valence-electron chi connectivity index (χ3n) is 2.53. The molecule has 5 nitrogen and oxygen atoms in total. The largest absolute Gasteiger partial charge is 0.478 e. The molecule has 1 unspecified atom stereocenters. The van der Waals surface area contributed by atoms with E-state index >= 15 is 0 Å². The van der Waals surface area contributed by atoms with E-state index in [2.05, 4.69) is 0 Å². The number of hydrogen-bond donors (Lipinski definition) is 1. The van der Waals surface area contributed by atoms with Crippen molar-refractivity contribution in [2.45, 2.75) is 6.10 Å². The topological polar surface area (TPSA) is 66.8 Å². The number of carbonyl (C=O) groups is 2. The first-order valence-electron chi connectivity index (χ1n) is 4.83. The van der Waals surface area contributed by atoms with Gasteiger partial charge in [-0.25, -0.2) is 9.59 Å². The summed E-state index contributed by atoms with van der Waals surface area (Å²) in [5.74, 6) is -1.01. The Hall–Kier alpha value is -2.04. The fourth-order valence-electron chi connectivity index (χ4n) is 1.71. The minimum atomic E-state index is -1.01. The average molecular weight is 221 g/mol. The van der Waals surface area contributed by atoms with Crippen LogP contribution >= 0.6 is 0 Å². The van der Waals surface area contributed by atoms with E-state index in [-0.39, 0.29) is 5.56 Å². The van der Waals surface area contributed by atoms with Crippen LogP contribution in [-0.4, -0.2) is 35.7 Å². The zero-order valence-corrected chi connectivity index (χ0v) is 8.71. The quantitative estimate of drug-likeness (QED) is 0.821. The van der Waals surface area contributed by atoms with Gasteiger partial charge in [0.1, 0.15) is 6.10 Å². The Morgan fingerprint density at radius 2 is 2.19 bits per heavy atom. The van der Waals surface area contributed by atoms with Gasteiger partial charge in [0, 0.05) is 12.6 Å². The molecular formula is C11H11NO4. The van der Waals surface area contributed by atoms with Crippen LogP contribution in [-0.2, 0) is 4.74 Å². The number of hydrogen-bond acceptors (Lipinski definition) is 3. The Balaban J connectivity index is 2.34. The van der Waals surface area contributed by atoms with Crippen LogP contribution in [0.2, 0.25) is 0 Å². The van der Waals surface area contributed by atoms with Gasteiger partial charge in [0.15, 0.2) is 0 Å². The molecule has 1 aromatic rings. The highest BCUT2D eigenvalue weighted by Crippen LogP contribution is 2.27. The molecule has 1 aliphatic heterocycles. The molecule has 1 aromatic carbocycles. The summed E-state index contributed by atoms with van der Waals surface area (Å²) in [6.45, 7) is 0.378. The lowest BCUT2D eigenvalue weighted by molar-refractivity contribution is 0.0689. The predicted octanol–water partition coefficient (Wildman–Crippen LogP) is 1.51. The fourth-order valence-corrected chi connectivity index (χ4v) is 1.71. The molecule has 0 spiro atoms. The number of carboxylic acid groups (broad SMARTS) is 1. The van der Waals surface area contributed by atoms with E-state index in [0.717, 1.165) is 0 Å². The molecule has 1 amide bonds. The van der Waals surface area contributed by atoms with Gasteiger partial charge in [-0.3, -0.25) is 0 Å². The number of nitrogens with zero attached hydrogens (tertiary/aromatic N) is 1. The molecule has 1 N–H and O–H groups in total. The van der Waals surface area contributed by atoms with Gasteiger partial charge in [0.2, 0.25) is 0 Å². The Bertz CT molecular complexity index is 443. The van der Waals surface area contributed by atoms with Gasteiger partial charge in [0.25, 0.3) is 0 Å². The van der Waals surface area contributed by atoms with Crippen molar-refractivity contribution in [3.63, 3.8) is 0 Å². The lowest BCUT2D eigenvalue weighted by Gasteiger charge is -2.11. The van der Waals surface area contributed by atoms with Crippen molar-refractivity contribution in [2.24, 2.45) is 0 Å². The Kier molecular flexibility index (Phi) is 2.52. The first kappa shape index (κ1) is 10.5. The monoisotopic (exact) mass is 221 g/mol. The van der Waals surface area contributed by atoms with Gasteiger partial charge in [-0.05, 0) is 6.07 Å². The zero-order chi connectivity index (χ0) is 11.7. The first-order chi connectivity index (χ1) is 7.59. The van der Waals surface area contributed by atoms with Crippen LogP contribution < -0.4 is 0 Å². The molecule has 1 aliphatic rings. The van der Waals surface area contributed by atoms with Gasteiger partial charge < -0.3 is 14.7 Å². The highest BCUT2D eigenvalue weighted by Gasteiger charge is 2.31. The summed E-state index contributed by atoms with van der Waals surface area (Å²) in [6, 6.07) is 6.55. The highest BCUT2D eigenvalue weighted by molar-refractivity contribution is 5.89. The average Bonchev–Trinajstić information content (AvgIpc) is 2.59. The molecule has 1 fully saturated rings. The van der Waals surface area contributed by atoms with E-state index in [1.54, 1.807) is 25.2 Å². The Morgan fingerprint density at radius 1 is 1.50 bits per heavy atom.